The quantitative estimate of drug-likeness (QED) is 0.615. The standard InChI is InChI=1S/C18H22BrN3O3S/c1-12(2)22-26(24,25)17-10-8-16(9-11-17)21-18(23)13(3)20-15-6-4-14(19)5-7-15/h4-13,20,22H,1-3H3,(H,21,23). The number of halogens is 1. The highest BCUT2D eigenvalue weighted by Crippen LogP contribution is 2.17. The lowest BCUT2D eigenvalue weighted by Gasteiger charge is -2.16. The van der Waals surface area contributed by atoms with Crippen molar-refractivity contribution in [2.45, 2.75) is 37.8 Å². The molecule has 2 aromatic rings. The summed E-state index contributed by atoms with van der Waals surface area (Å²) in [6, 6.07) is 12.9. The largest absolute Gasteiger partial charge is 0.374 e. The second-order valence-electron chi connectivity index (χ2n) is 6.16. The van der Waals surface area contributed by atoms with Crippen LogP contribution in [0.3, 0.4) is 0 Å². The van der Waals surface area contributed by atoms with E-state index in [1.54, 1.807) is 32.9 Å². The van der Waals surface area contributed by atoms with Gasteiger partial charge in [0, 0.05) is 21.9 Å². The fourth-order valence-corrected chi connectivity index (χ4v) is 3.72. The van der Waals surface area contributed by atoms with Crippen LogP contribution in [-0.2, 0) is 14.8 Å². The number of benzene rings is 2. The number of hydrogen-bond acceptors (Lipinski definition) is 4. The number of hydrogen-bond donors (Lipinski definition) is 3. The first kappa shape index (κ1) is 20.4. The molecule has 0 spiro atoms. The van der Waals surface area contributed by atoms with Gasteiger partial charge in [-0.15, -0.1) is 0 Å². The van der Waals surface area contributed by atoms with Crippen molar-refractivity contribution in [3.05, 3.63) is 53.0 Å². The third-order valence-electron chi connectivity index (χ3n) is 3.44. The van der Waals surface area contributed by atoms with Gasteiger partial charge in [-0.25, -0.2) is 13.1 Å². The molecular weight excluding hydrogens is 418 g/mol. The van der Waals surface area contributed by atoms with E-state index in [-0.39, 0.29) is 16.8 Å². The van der Waals surface area contributed by atoms with Gasteiger partial charge in [-0.3, -0.25) is 4.79 Å². The van der Waals surface area contributed by atoms with Crippen molar-refractivity contribution in [1.82, 2.24) is 4.72 Å². The molecule has 0 bridgehead atoms. The van der Waals surface area contributed by atoms with Crippen LogP contribution in [0.5, 0.6) is 0 Å². The van der Waals surface area contributed by atoms with Gasteiger partial charge in [0.15, 0.2) is 0 Å². The smallest absolute Gasteiger partial charge is 0.246 e. The Balaban J connectivity index is 1.99. The summed E-state index contributed by atoms with van der Waals surface area (Å²) >= 11 is 3.36. The van der Waals surface area contributed by atoms with Crippen LogP contribution in [0.25, 0.3) is 0 Å². The number of anilines is 2. The van der Waals surface area contributed by atoms with Crippen molar-refractivity contribution < 1.29 is 13.2 Å². The minimum absolute atomic E-state index is 0.158. The van der Waals surface area contributed by atoms with Gasteiger partial charge in [-0.2, -0.15) is 0 Å². The molecular formula is C18H22BrN3O3S. The minimum atomic E-state index is -3.54. The first-order valence-corrected chi connectivity index (χ1v) is 10.4. The van der Waals surface area contributed by atoms with E-state index in [1.807, 2.05) is 24.3 Å². The molecule has 140 valence electrons. The summed E-state index contributed by atoms with van der Waals surface area (Å²) in [6.45, 7) is 5.26. The van der Waals surface area contributed by atoms with E-state index in [9.17, 15) is 13.2 Å². The molecule has 0 aromatic heterocycles. The number of sulfonamides is 1. The Bertz CT molecular complexity index is 850. The second-order valence-corrected chi connectivity index (χ2v) is 8.79. The van der Waals surface area contributed by atoms with Crippen LogP contribution in [0.15, 0.2) is 57.9 Å². The zero-order valence-electron chi connectivity index (χ0n) is 14.8. The van der Waals surface area contributed by atoms with Crippen molar-refractivity contribution in [1.29, 1.82) is 0 Å². The topological polar surface area (TPSA) is 87.3 Å². The van der Waals surface area contributed by atoms with E-state index in [0.29, 0.717) is 5.69 Å². The van der Waals surface area contributed by atoms with Gasteiger partial charge in [0.25, 0.3) is 0 Å². The minimum Gasteiger partial charge on any atom is -0.374 e. The molecule has 6 nitrogen and oxygen atoms in total. The van der Waals surface area contributed by atoms with E-state index >= 15 is 0 Å². The maximum absolute atomic E-state index is 12.3. The summed E-state index contributed by atoms with van der Waals surface area (Å²) in [7, 11) is -3.54. The molecule has 1 unspecified atom stereocenters. The van der Waals surface area contributed by atoms with Crippen LogP contribution in [-0.4, -0.2) is 26.4 Å². The highest BCUT2D eigenvalue weighted by atomic mass is 79.9. The number of carbonyl (C=O) groups excluding carboxylic acids is 1. The Morgan fingerprint density at radius 2 is 1.46 bits per heavy atom. The predicted molar refractivity (Wildman–Crippen MR) is 108 cm³/mol. The molecule has 26 heavy (non-hydrogen) atoms. The Hall–Kier alpha value is -1.90. The van der Waals surface area contributed by atoms with E-state index in [1.165, 1.54) is 12.1 Å². The third kappa shape index (κ3) is 5.82. The molecule has 0 aliphatic carbocycles. The molecule has 1 atom stereocenters. The van der Waals surface area contributed by atoms with Crippen molar-refractivity contribution >= 4 is 43.2 Å². The van der Waals surface area contributed by atoms with Crippen molar-refractivity contribution in [3.8, 4) is 0 Å². The van der Waals surface area contributed by atoms with Crippen molar-refractivity contribution in [2.24, 2.45) is 0 Å². The average molecular weight is 440 g/mol. The van der Waals surface area contributed by atoms with Crippen LogP contribution in [0, 0.1) is 0 Å². The molecule has 0 radical (unpaired) electrons. The SMILES string of the molecule is CC(C)NS(=O)(=O)c1ccc(NC(=O)C(C)Nc2ccc(Br)cc2)cc1. The zero-order chi connectivity index (χ0) is 19.3. The van der Waals surface area contributed by atoms with Gasteiger partial charge in [0.2, 0.25) is 15.9 Å². The summed E-state index contributed by atoms with van der Waals surface area (Å²) in [6.07, 6.45) is 0. The fourth-order valence-electron chi connectivity index (χ4n) is 2.21. The van der Waals surface area contributed by atoms with E-state index in [4.69, 9.17) is 0 Å². The third-order valence-corrected chi connectivity index (χ3v) is 5.65. The van der Waals surface area contributed by atoms with Crippen molar-refractivity contribution in [3.63, 3.8) is 0 Å². The molecule has 0 heterocycles. The monoisotopic (exact) mass is 439 g/mol. The summed E-state index contributed by atoms with van der Waals surface area (Å²) in [4.78, 5) is 12.5. The molecule has 3 N–H and O–H groups in total. The van der Waals surface area contributed by atoms with Gasteiger partial charge in [0.1, 0.15) is 6.04 Å². The number of carbonyl (C=O) groups is 1. The first-order valence-electron chi connectivity index (χ1n) is 8.13. The maximum Gasteiger partial charge on any atom is 0.246 e. The Morgan fingerprint density at radius 3 is 2.00 bits per heavy atom. The Morgan fingerprint density at radius 1 is 0.923 bits per heavy atom. The second kappa shape index (κ2) is 8.66. The lowest BCUT2D eigenvalue weighted by molar-refractivity contribution is -0.116. The highest BCUT2D eigenvalue weighted by Gasteiger charge is 2.16. The fraction of sp³-hybridized carbons (Fsp3) is 0.278. The van der Waals surface area contributed by atoms with Crippen LogP contribution in [0.1, 0.15) is 20.8 Å². The average Bonchev–Trinajstić information content (AvgIpc) is 2.56. The number of nitrogens with one attached hydrogen (secondary N) is 3. The lowest BCUT2D eigenvalue weighted by atomic mass is 10.2. The highest BCUT2D eigenvalue weighted by molar-refractivity contribution is 9.10. The molecule has 0 saturated heterocycles. The maximum atomic E-state index is 12.3. The van der Waals surface area contributed by atoms with Gasteiger partial charge >= 0.3 is 0 Å². The van der Waals surface area contributed by atoms with Gasteiger partial charge in [-0.1, -0.05) is 15.9 Å². The van der Waals surface area contributed by atoms with Gasteiger partial charge in [0.05, 0.1) is 4.90 Å². The van der Waals surface area contributed by atoms with Crippen molar-refractivity contribution in [2.75, 3.05) is 10.6 Å². The Labute approximate surface area is 162 Å². The molecule has 8 heteroatoms. The van der Waals surface area contributed by atoms with E-state index < -0.39 is 16.1 Å². The molecule has 0 aliphatic rings. The summed E-state index contributed by atoms with van der Waals surface area (Å²) in [5.41, 5.74) is 1.36. The molecule has 2 aromatic carbocycles. The molecule has 0 aliphatic heterocycles. The van der Waals surface area contributed by atoms with E-state index in [0.717, 1.165) is 10.2 Å². The van der Waals surface area contributed by atoms with Crippen LogP contribution >= 0.6 is 15.9 Å². The molecule has 2 rings (SSSR count). The number of rotatable bonds is 7. The van der Waals surface area contributed by atoms with Gasteiger partial charge in [-0.05, 0) is 69.3 Å². The normalized spacial score (nSPS) is 12.7. The molecule has 0 fully saturated rings. The molecule has 1 amide bonds. The zero-order valence-corrected chi connectivity index (χ0v) is 17.2. The van der Waals surface area contributed by atoms with Crippen LogP contribution in [0.2, 0.25) is 0 Å². The summed E-state index contributed by atoms with van der Waals surface area (Å²) < 4.78 is 27.7. The summed E-state index contributed by atoms with van der Waals surface area (Å²) in [5, 5.41) is 5.87. The summed E-state index contributed by atoms with van der Waals surface area (Å²) in [5.74, 6) is -0.219. The van der Waals surface area contributed by atoms with Gasteiger partial charge < -0.3 is 10.6 Å². The Kier molecular flexibility index (Phi) is 6.80. The predicted octanol–water partition coefficient (Wildman–Crippen LogP) is 3.57. The van der Waals surface area contributed by atoms with Crippen LogP contribution < -0.4 is 15.4 Å². The first-order chi connectivity index (χ1) is 12.2. The lowest BCUT2D eigenvalue weighted by Crippen LogP contribution is -2.32. The van der Waals surface area contributed by atoms with E-state index in [2.05, 4.69) is 31.3 Å². The molecule has 0 saturated carbocycles. The number of amides is 1. The van der Waals surface area contributed by atoms with Crippen LogP contribution in [0.4, 0.5) is 11.4 Å².